The van der Waals surface area contributed by atoms with Crippen LogP contribution in [0.15, 0.2) is 70.2 Å². The van der Waals surface area contributed by atoms with E-state index in [0.717, 1.165) is 0 Å². The van der Waals surface area contributed by atoms with E-state index in [0.29, 0.717) is 21.9 Å². The van der Waals surface area contributed by atoms with Gasteiger partial charge in [-0.05, 0) is 48.9 Å². The number of carbonyl (C=O) groups excluding carboxylic acids is 2. The van der Waals surface area contributed by atoms with Crippen molar-refractivity contribution in [3.05, 3.63) is 82.1 Å². The van der Waals surface area contributed by atoms with E-state index in [1.807, 2.05) is 0 Å². The normalized spacial score (nSPS) is 18.1. The molecular formula is C22H16F2N4O6. The summed E-state index contributed by atoms with van der Waals surface area (Å²) in [4.78, 5) is 35.6. The van der Waals surface area contributed by atoms with E-state index in [-0.39, 0.29) is 17.2 Å². The third-order valence-electron chi connectivity index (χ3n) is 5.12. The lowest BCUT2D eigenvalue weighted by molar-refractivity contribution is -0.384. The standard InChI is InChI=1S/C22H16F2N4O6/c1-22(14-4-8-16(9-5-14)34-20(23)24)19(29)27(21(30)26-22)25-12-17-10-11-18(33-17)13-2-6-15(7-3-13)28(31)32/h2-12,20H,1H3,(H,26,30). The van der Waals surface area contributed by atoms with Crippen LogP contribution in [-0.2, 0) is 10.3 Å². The van der Waals surface area contributed by atoms with Gasteiger partial charge in [0.2, 0.25) is 0 Å². The van der Waals surface area contributed by atoms with Crippen molar-refractivity contribution in [1.29, 1.82) is 0 Å². The minimum atomic E-state index is -2.98. The predicted octanol–water partition coefficient (Wildman–Crippen LogP) is 4.26. The van der Waals surface area contributed by atoms with Gasteiger partial charge in [-0.1, -0.05) is 12.1 Å². The molecule has 1 N–H and O–H groups in total. The molecule has 1 atom stereocenters. The van der Waals surface area contributed by atoms with Crippen molar-refractivity contribution in [3.63, 3.8) is 0 Å². The second-order valence-corrected chi connectivity index (χ2v) is 7.33. The maximum atomic E-state index is 12.9. The number of hydrogen-bond donors (Lipinski definition) is 1. The first-order chi connectivity index (χ1) is 16.2. The molecule has 3 aromatic rings. The summed E-state index contributed by atoms with van der Waals surface area (Å²) < 4.78 is 34.6. The average molecular weight is 470 g/mol. The van der Waals surface area contributed by atoms with Gasteiger partial charge in [0.25, 0.3) is 11.6 Å². The molecular weight excluding hydrogens is 454 g/mol. The number of benzene rings is 2. The highest BCUT2D eigenvalue weighted by Gasteiger charge is 2.49. The van der Waals surface area contributed by atoms with Gasteiger partial charge in [-0.2, -0.15) is 13.9 Å². The molecule has 174 valence electrons. The van der Waals surface area contributed by atoms with E-state index in [1.54, 1.807) is 12.1 Å². The molecule has 1 aliphatic rings. The number of nitrogens with zero attached hydrogens (tertiary/aromatic N) is 3. The molecule has 0 bridgehead atoms. The number of rotatable bonds is 7. The molecule has 1 fully saturated rings. The molecule has 10 nitrogen and oxygen atoms in total. The van der Waals surface area contributed by atoms with E-state index in [4.69, 9.17) is 4.42 Å². The Hall–Kier alpha value is -4.61. The van der Waals surface area contributed by atoms with Gasteiger partial charge in [0.15, 0.2) is 0 Å². The number of alkyl halides is 2. The van der Waals surface area contributed by atoms with E-state index in [2.05, 4.69) is 15.2 Å². The van der Waals surface area contributed by atoms with Crippen molar-refractivity contribution in [2.45, 2.75) is 19.1 Å². The summed E-state index contributed by atoms with van der Waals surface area (Å²) in [5, 5.41) is 17.9. The third-order valence-corrected chi connectivity index (χ3v) is 5.12. The Kier molecular flexibility index (Phi) is 5.80. The molecule has 1 aliphatic heterocycles. The Morgan fingerprint density at radius 2 is 1.79 bits per heavy atom. The van der Waals surface area contributed by atoms with E-state index < -0.39 is 29.0 Å². The molecule has 3 amide bonds. The Labute approximate surface area is 190 Å². The van der Waals surface area contributed by atoms with Gasteiger partial charge >= 0.3 is 12.6 Å². The lowest BCUT2D eigenvalue weighted by Gasteiger charge is -2.21. The molecule has 0 spiro atoms. The first-order valence-electron chi connectivity index (χ1n) is 9.78. The summed E-state index contributed by atoms with van der Waals surface area (Å²) in [6.45, 7) is -1.52. The van der Waals surface area contributed by atoms with Gasteiger partial charge in [-0.25, -0.2) is 4.79 Å². The minimum absolute atomic E-state index is 0.0603. The number of imide groups is 1. The zero-order valence-electron chi connectivity index (χ0n) is 17.5. The summed E-state index contributed by atoms with van der Waals surface area (Å²) in [6.07, 6.45) is 1.18. The van der Waals surface area contributed by atoms with Crippen LogP contribution < -0.4 is 10.1 Å². The number of nitro benzene ring substituents is 1. The molecule has 1 saturated heterocycles. The lowest BCUT2D eigenvalue weighted by Crippen LogP contribution is -2.40. The summed E-state index contributed by atoms with van der Waals surface area (Å²) >= 11 is 0. The summed E-state index contributed by atoms with van der Waals surface area (Å²) in [5.74, 6) is -0.130. The number of hydrazone groups is 1. The Morgan fingerprint density at radius 3 is 2.41 bits per heavy atom. The highest BCUT2D eigenvalue weighted by molar-refractivity contribution is 6.07. The monoisotopic (exact) mass is 470 g/mol. The topological polar surface area (TPSA) is 127 Å². The molecule has 12 heteroatoms. The summed E-state index contributed by atoms with van der Waals surface area (Å²) in [7, 11) is 0. The van der Waals surface area contributed by atoms with Crippen molar-refractivity contribution in [1.82, 2.24) is 10.3 Å². The number of amides is 3. The number of nitro groups is 1. The molecule has 1 unspecified atom stereocenters. The van der Waals surface area contributed by atoms with Gasteiger partial charge < -0.3 is 14.5 Å². The fourth-order valence-corrected chi connectivity index (χ4v) is 3.33. The van der Waals surface area contributed by atoms with Crippen LogP contribution in [0, 0.1) is 10.1 Å². The van der Waals surface area contributed by atoms with Crippen LogP contribution >= 0.6 is 0 Å². The van der Waals surface area contributed by atoms with Crippen molar-refractivity contribution in [3.8, 4) is 17.1 Å². The maximum Gasteiger partial charge on any atom is 0.387 e. The van der Waals surface area contributed by atoms with Gasteiger partial charge in [-0.3, -0.25) is 14.9 Å². The van der Waals surface area contributed by atoms with Crippen molar-refractivity contribution >= 4 is 23.8 Å². The second kappa shape index (κ2) is 8.73. The number of nitrogens with one attached hydrogen (secondary N) is 1. The highest BCUT2D eigenvalue weighted by atomic mass is 19.3. The van der Waals surface area contributed by atoms with Crippen LogP contribution in [0.5, 0.6) is 5.75 Å². The van der Waals surface area contributed by atoms with Gasteiger partial charge in [-0.15, -0.1) is 5.01 Å². The first-order valence-corrected chi connectivity index (χ1v) is 9.78. The fraction of sp³-hybridized carbons (Fsp3) is 0.136. The Balaban J connectivity index is 1.49. The molecule has 0 radical (unpaired) electrons. The van der Waals surface area contributed by atoms with Crippen molar-refractivity contribution in [2.75, 3.05) is 0 Å². The zero-order chi connectivity index (χ0) is 24.5. The third kappa shape index (κ3) is 4.33. The number of carbonyl (C=O) groups is 2. The summed E-state index contributed by atoms with van der Waals surface area (Å²) in [5.41, 5.74) is -0.587. The number of ether oxygens (including phenoxy) is 1. The van der Waals surface area contributed by atoms with Crippen LogP contribution in [0.3, 0.4) is 0 Å². The number of hydrogen-bond acceptors (Lipinski definition) is 7. The molecule has 0 aliphatic carbocycles. The molecule has 2 heterocycles. The summed E-state index contributed by atoms with van der Waals surface area (Å²) in [6, 6.07) is 13.4. The number of non-ortho nitro benzene ring substituents is 1. The van der Waals surface area contributed by atoms with Crippen molar-refractivity contribution < 1.29 is 32.4 Å². The Bertz CT molecular complexity index is 1270. The number of halogens is 2. The van der Waals surface area contributed by atoms with Crippen LogP contribution in [0.1, 0.15) is 18.2 Å². The first kappa shape index (κ1) is 22.6. The van der Waals surface area contributed by atoms with E-state index in [1.165, 1.54) is 61.7 Å². The number of urea groups is 1. The largest absolute Gasteiger partial charge is 0.455 e. The Morgan fingerprint density at radius 1 is 1.12 bits per heavy atom. The maximum absolute atomic E-state index is 12.9. The van der Waals surface area contributed by atoms with Crippen LogP contribution in [0.4, 0.5) is 19.3 Å². The average Bonchev–Trinajstić information content (AvgIpc) is 3.36. The molecule has 2 aromatic carbocycles. The highest BCUT2D eigenvalue weighted by Crippen LogP contribution is 2.31. The van der Waals surface area contributed by atoms with Crippen LogP contribution in [0.25, 0.3) is 11.3 Å². The van der Waals surface area contributed by atoms with E-state index in [9.17, 15) is 28.5 Å². The molecule has 0 saturated carbocycles. The van der Waals surface area contributed by atoms with Gasteiger partial charge in [0.1, 0.15) is 22.8 Å². The van der Waals surface area contributed by atoms with Gasteiger partial charge in [0.05, 0.1) is 11.1 Å². The molecule has 1 aromatic heterocycles. The predicted molar refractivity (Wildman–Crippen MR) is 114 cm³/mol. The number of furan rings is 1. The quantitative estimate of drug-likeness (QED) is 0.238. The van der Waals surface area contributed by atoms with Gasteiger partial charge in [0, 0.05) is 17.7 Å². The van der Waals surface area contributed by atoms with Crippen LogP contribution in [0.2, 0.25) is 0 Å². The molecule has 34 heavy (non-hydrogen) atoms. The van der Waals surface area contributed by atoms with Crippen LogP contribution in [-0.4, -0.2) is 34.7 Å². The zero-order valence-corrected chi connectivity index (χ0v) is 17.5. The van der Waals surface area contributed by atoms with Crippen molar-refractivity contribution in [2.24, 2.45) is 5.10 Å². The SMILES string of the molecule is CC1(c2ccc(OC(F)F)cc2)NC(=O)N(N=Cc2ccc(-c3ccc([N+](=O)[O-])cc3)o2)C1=O. The fourth-order valence-electron chi connectivity index (χ4n) is 3.33. The molecule has 4 rings (SSSR count). The lowest BCUT2D eigenvalue weighted by atomic mass is 9.92. The second-order valence-electron chi connectivity index (χ2n) is 7.33. The van der Waals surface area contributed by atoms with E-state index >= 15 is 0 Å². The minimum Gasteiger partial charge on any atom is -0.455 e. The smallest absolute Gasteiger partial charge is 0.387 e.